The number of aromatic nitrogens is 3. The Labute approximate surface area is 161 Å². The number of rotatable bonds is 4. The van der Waals surface area contributed by atoms with E-state index in [1.165, 1.54) is 0 Å². The van der Waals surface area contributed by atoms with Gasteiger partial charge in [-0.15, -0.1) is 5.10 Å². The second-order valence-corrected chi connectivity index (χ2v) is 6.69. The summed E-state index contributed by atoms with van der Waals surface area (Å²) in [5, 5.41) is 12.1. The van der Waals surface area contributed by atoms with Gasteiger partial charge in [-0.05, 0) is 54.5 Å². The number of halogens is 2. The van der Waals surface area contributed by atoms with Gasteiger partial charge < -0.3 is 5.32 Å². The number of benzene rings is 2. The molecule has 0 atom stereocenters. The van der Waals surface area contributed by atoms with E-state index in [-0.39, 0.29) is 0 Å². The monoisotopic (exact) mass is 391 g/mol. The lowest BCUT2D eigenvalue weighted by Gasteiger charge is -2.09. The predicted octanol–water partition coefficient (Wildman–Crippen LogP) is 4.75. The lowest BCUT2D eigenvalue weighted by molar-refractivity contribution is 0.687. The molecular weight excluding hydrogens is 377 g/mol. The number of nitrogens with zero attached hydrogens (tertiary/aromatic N) is 3. The van der Waals surface area contributed by atoms with Crippen LogP contribution in [0.25, 0.3) is 0 Å². The zero-order valence-electron chi connectivity index (χ0n) is 13.3. The van der Waals surface area contributed by atoms with Crippen LogP contribution in [-0.4, -0.2) is 19.9 Å². The minimum absolute atomic E-state index is 0.393. The van der Waals surface area contributed by atoms with E-state index in [1.807, 2.05) is 49.4 Å². The van der Waals surface area contributed by atoms with Crippen LogP contribution in [0.1, 0.15) is 11.1 Å². The molecule has 0 amide bonds. The van der Waals surface area contributed by atoms with Crippen LogP contribution in [0.15, 0.2) is 48.8 Å². The quantitative estimate of drug-likeness (QED) is 0.628. The zero-order valence-corrected chi connectivity index (χ0v) is 15.7. The Morgan fingerprint density at radius 1 is 1.12 bits per heavy atom. The van der Waals surface area contributed by atoms with Crippen LogP contribution in [0.2, 0.25) is 10.0 Å². The van der Waals surface area contributed by atoms with Gasteiger partial charge in [0, 0.05) is 15.7 Å². The fourth-order valence-corrected chi connectivity index (χ4v) is 2.66. The second-order valence-electron chi connectivity index (χ2n) is 5.44. The molecule has 0 radical (unpaired) electrons. The van der Waals surface area contributed by atoms with Crippen LogP contribution < -0.4 is 10.6 Å². The highest BCUT2D eigenvalue weighted by Crippen LogP contribution is 2.20. The van der Waals surface area contributed by atoms with Crippen LogP contribution in [0.3, 0.4) is 0 Å². The van der Waals surface area contributed by atoms with E-state index in [0.29, 0.717) is 27.7 Å². The predicted molar refractivity (Wildman–Crippen MR) is 107 cm³/mol. The third kappa shape index (κ3) is 4.92. The summed E-state index contributed by atoms with van der Waals surface area (Å²) in [6.07, 6.45) is 1.64. The average Bonchev–Trinajstić information content (AvgIpc) is 3.00. The van der Waals surface area contributed by atoms with E-state index < -0.39 is 0 Å². The molecule has 0 fully saturated rings. The Hall–Kier alpha value is -2.15. The lowest BCUT2D eigenvalue weighted by Crippen LogP contribution is -2.20. The summed E-state index contributed by atoms with van der Waals surface area (Å²) in [5.74, 6) is 0.421. The first-order valence-electron chi connectivity index (χ1n) is 7.47. The van der Waals surface area contributed by atoms with Crippen LogP contribution in [-0.2, 0) is 6.54 Å². The van der Waals surface area contributed by atoms with E-state index in [2.05, 4.69) is 20.7 Å². The molecule has 3 rings (SSSR count). The summed E-state index contributed by atoms with van der Waals surface area (Å²) in [4.78, 5) is 4.20. The number of hydrogen-bond acceptors (Lipinski definition) is 3. The van der Waals surface area contributed by atoms with Crippen molar-refractivity contribution in [1.29, 1.82) is 0 Å². The molecule has 0 aliphatic rings. The van der Waals surface area contributed by atoms with Crippen molar-refractivity contribution in [3.05, 3.63) is 70.0 Å². The van der Waals surface area contributed by atoms with Crippen molar-refractivity contribution in [2.24, 2.45) is 0 Å². The summed E-state index contributed by atoms with van der Waals surface area (Å²) in [7, 11) is 0. The summed E-state index contributed by atoms with van der Waals surface area (Å²) in [6, 6.07) is 13.2. The molecule has 0 aliphatic heterocycles. The molecule has 0 unspecified atom stereocenters. The number of aryl methyl sites for hydroxylation is 1. The van der Waals surface area contributed by atoms with Crippen molar-refractivity contribution in [3.63, 3.8) is 0 Å². The van der Waals surface area contributed by atoms with Crippen LogP contribution >= 0.6 is 35.4 Å². The van der Waals surface area contributed by atoms with Gasteiger partial charge in [-0.3, -0.25) is 5.32 Å². The van der Waals surface area contributed by atoms with Crippen molar-refractivity contribution in [2.75, 3.05) is 10.6 Å². The van der Waals surface area contributed by atoms with E-state index in [4.69, 9.17) is 35.4 Å². The molecular formula is C17H15Cl2N5S. The molecule has 0 saturated carbocycles. The van der Waals surface area contributed by atoms with Gasteiger partial charge in [0.2, 0.25) is 5.95 Å². The summed E-state index contributed by atoms with van der Waals surface area (Å²) >= 11 is 17.3. The maximum absolute atomic E-state index is 6.11. The molecule has 1 heterocycles. The zero-order chi connectivity index (χ0) is 17.8. The molecule has 25 heavy (non-hydrogen) atoms. The van der Waals surface area contributed by atoms with Gasteiger partial charge in [0.15, 0.2) is 5.11 Å². The van der Waals surface area contributed by atoms with E-state index in [9.17, 15) is 0 Å². The minimum atomic E-state index is 0.393. The topological polar surface area (TPSA) is 54.8 Å². The Bertz CT molecular complexity index is 892. The lowest BCUT2D eigenvalue weighted by atomic mass is 10.2. The first kappa shape index (κ1) is 17.7. The number of hydrogen-bond donors (Lipinski definition) is 2. The maximum Gasteiger partial charge on any atom is 0.248 e. The van der Waals surface area contributed by atoms with Crippen molar-refractivity contribution in [2.45, 2.75) is 13.5 Å². The molecule has 2 aromatic carbocycles. The van der Waals surface area contributed by atoms with Crippen molar-refractivity contribution < 1.29 is 0 Å². The SMILES string of the molecule is Cc1ccc(NC(=S)Nc2ncn(Cc3ccc(Cl)cc3)n2)cc1Cl. The molecule has 2 N–H and O–H groups in total. The van der Waals surface area contributed by atoms with Gasteiger partial charge in [-0.25, -0.2) is 9.67 Å². The largest absolute Gasteiger partial charge is 0.332 e. The molecule has 3 aromatic rings. The molecule has 5 nitrogen and oxygen atoms in total. The van der Waals surface area contributed by atoms with Crippen LogP contribution in [0.4, 0.5) is 11.6 Å². The van der Waals surface area contributed by atoms with Crippen LogP contribution in [0, 0.1) is 6.92 Å². The van der Waals surface area contributed by atoms with Crippen LogP contribution in [0.5, 0.6) is 0 Å². The molecule has 0 bridgehead atoms. The standard InChI is InChI=1S/C17H15Cl2N5S/c1-11-2-7-14(8-15(11)19)21-17(25)22-16-20-10-24(23-16)9-12-3-5-13(18)6-4-12/h2-8,10H,9H2,1H3,(H2,21,22,23,25). The number of nitrogens with one attached hydrogen (secondary N) is 2. The highest BCUT2D eigenvalue weighted by atomic mass is 35.5. The third-order valence-electron chi connectivity index (χ3n) is 3.45. The fraction of sp³-hybridized carbons (Fsp3) is 0.118. The van der Waals surface area contributed by atoms with Crippen molar-refractivity contribution in [3.8, 4) is 0 Å². The molecule has 0 aliphatic carbocycles. The van der Waals surface area contributed by atoms with Gasteiger partial charge >= 0.3 is 0 Å². The normalized spacial score (nSPS) is 10.5. The van der Waals surface area contributed by atoms with Crippen molar-refractivity contribution >= 4 is 52.2 Å². The van der Waals surface area contributed by atoms with E-state index in [1.54, 1.807) is 11.0 Å². The first-order chi connectivity index (χ1) is 12.0. The Kier molecular flexibility index (Phi) is 5.53. The Morgan fingerprint density at radius 2 is 1.88 bits per heavy atom. The van der Waals surface area contributed by atoms with Gasteiger partial charge in [0.25, 0.3) is 0 Å². The molecule has 8 heteroatoms. The third-order valence-corrected chi connectivity index (χ3v) is 4.31. The van der Waals surface area contributed by atoms with E-state index >= 15 is 0 Å². The highest BCUT2D eigenvalue weighted by Gasteiger charge is 2.05. The second kappa shape index (κ2) is 7.82. The fourth-order valence-electron chi connectivity index (χ4n) is 2.14. The van der Waals surface area contributed by atoms with Gasteiger partial charge in [0.05, 0.1) is 6.54 Å². The maximum atomic E-state index is 6.11. The molecule has 0 spiro atoms. The van der Waals surface area contributed by atoms with Crippen molar-refractivity contribution in [1.82, 2.24) is 14.8 Å². The smallest absolute Gasteiger partial charge is 0.248 e. The number of thiocarbonyl (C=S) groups is 1. The Balaban J connectivity index is 1.59. The van der Waals surface area contributed by atoms with E-state index in [0.717, 1.165) is 16.8 Å². The number of anilines is 2. The molecule has 1 aromatic heterocycles. The molecule has 0 saturated heterocycles. The summed E-state index contributed by atoms with van der Waals surface area (Å²) in [6.45, 7) is 2.54. The summed E-state index contributed by atoms with van der Waals surface area (Å²) < 4.78 is 1.72. The van der Waals surface area contributed by atoms with Gasteiger partial charge in [-0.1, -0.05) is 41.4 Å². The minimum Gasteiger partial charge on any atom is -0.332 e. The highest BCUT2D eigenvalue weighted by molar-refractivity contribution is 7.80. The summed E-state index contributed by atoms with van der Waals surface area (Å²) in [5.41, 5.74) is 2.89. The molecule has 128 valence electrons. The van der Waals surface area contributed by atoms with Gasteiger partial charge in [0.1, 0.15) is 6.33 Å². The average molecular weight is 392 g/mol. The van der Waals surface area contributed by atoms with Gasteiger partial charge in [-0.2, -0.15) is 0 Å². The first-order valence-corrected chi connectivity index (χ1v) is 8.64. The Morgan fingerprint density at radius 3 is 2.60 bits per heavy atom.